The van der Waals surface area contributed by atoms with Crippen LogP contribution in [0, 0.1) is 26.2 Å². The highest BCUT2D eigenvalue weighted by molar-refractivity contribution is 7.75. The molecule has 55 heteroatoms. The number of hydrogen-bond donors (Lipinski definition) is 12. The Labute approximate surface area is 736 Å². The molecule has 130 heavy (non-hydrogen) atoms. The minimum atomic E-state index is -5.25. The number of ether oxygens (including phenoxy) is 7. The Hall–Kier alpha value is -9.10. The number of benzene rings is 4. The summed E-state index contributed by atoms with van der Waals surface area (Å²) < 4.78 is 178. The first-order chi connectivity index (χ1) is 60.7. The molecule has 6 aliphatic heterocycles. The number of aliphatic hydroxyl groups is 4. The number of imide groups is 2. The van der Waals surface area contributed by atoms with Crippen molar-refractivity contribution in [3.8, 4) is 23.0 Å². The minimum Gasteiger partial charge on any atom is -0.437 e. The lowest BCUT2D eigenvalue weighted by molar-refractivity contribution is -0.132. The van der Waals surface area contributed by atoms with Gasteiger partial charge in [0.05, 0.1) is 30.4 Å². The highest BCUT2D eigenvalue weighted by atomic mass is 31.3. The maximum absolute atomic E-state index is 13.0. The maximum atomic E-state index is 13.0. The van der Waals surface area contributed by atoms with E-state index in [1.165, 1.54) is 165 Å². The van der Waals surface area contributed by atoms with Crippen molar-refractivity contribution in [1.29, 1.82) is 0 Å². The van der Waals surface area contributed by atoms with E-state index in [-0.39, 0.29) is 99.9 Å². The normalized spacial score (nSPS) is 31.4. The van der Waals surface area contributed by atoms with Crippen molar-refractivity contribution in [3.05, 3.63) is 238 Å². The van der Waals surface area contributed by atoms with Crippen LogP contribution in [-0.4, -0.2) is 180 Å². The molecule has 6 fully saturated rings. The van der Waals surface area contributed by atoms with Crippen LogP contribution in [-0.2, 0) is 122 Å². The monoisotopic (exact) mass is 1970 g/mol. The van der Waals surface area contributed by atoms with Crippen LogP contribution in [0.2, 0.25) is 0 Å². The van der Waals surface area contributed by atoms with Gasteiger partial charge in [0.25, 0.3) is 26.2 Å². The van der Waals surface area contributed by atoms with Gasteiger partial charge in [0.2, 0.25) is 31.1 Å². The number of carbonyl (C=O) groups is 6. The molecule has 6 saturated heterocycles. The van der Waals surface area contributed by atoms with E-state index in [0.717, 1.165) is 12.0 Å². The maximum Gasteiger partial charge on any atom is 0.513 e. The molecule has 4 amide bonds. The van der Waals surface area contributed by atoms with E-state index in [9.17, 15) is 125 Å². The first kappa shape index (κ1) is 101. The van der Waals surface area contributed by atoms with Gasteiger partial charge >= 0.3 is 85.3 Å². The number of carbonyl (C=O) groups excluding carboxylic acids is 6. The molecule has 0 aliphatic carbocycles. The van der Waals surface area contributed by atoms with E-state index < -0.39 is 168 Å². The average Bonchev–Trinajstić information content (AvgIpc) is 0.732. The first-order valence-corrected chi connectivity index (χ1v) is 50.5. The van der Waals surface area contributed by atoms with Crippen LogP contribution in [0.15, 0.2) is 177 Å². The van der Waals surface area contributed by atoms with Gasteiger partial charge in [0.15, 0.2) is 0 Å². The van der Waals surface area contributed by atoms with Crippen molar-refractivity contribution in [3.63, 3.8) is 0 Å². The molecule has 47 nitrogen and oxygen atoms in total. The molecular weight excluding hydrogens is 1890 g/mol. The number of amides is 4. The van der Waals surface area contributed by atoms with Gasteiger partial charge < -0.3 is 92.7 Å². The van der Waals surface area contributed by atoms with Gasteiger partial charge in [-0.05, 0) is 129 Å². The molecule has 0 radical (unpaired) electrons. The lowest BCUT2D eigenvalue weighted by atomic mass is 9.92. The van der Waals surface area contributed by atoms with E-state index >= 15 is 0 Å². The molecule has 0 bridgehead atoms. The molecule has 14 rings (SSSR count). The summed E-state index contributed by atoms with van der Waals surface area (Å²) in [5.74, 6) is -1.55. The fraction of sp³-hybridized carbons (Fsp3) is 0.333. The molecular formula is C75H84N6O41P8. The van der Waals surface area contributed by atoms with Crippen molar-refractivity contribution >= 4 is 97.1 Å². The summed E-state index contributed by atoms with van der Waals surface area (Å²) >= 11 is 0. The first-order valence-electron chi connectivity index (χ1n) is 37.9. The topological polar surface area (TPSA) is 678 Å². The number of likely N-dealkylation sites (tertiary alicyclic amines) is 1. The number of hydrogen-bond acceptors (Lipinski definition) is 37. The van der Waals surface area contributed by atoms with Gasteiger partial charge in [-0.3, -0.25) is 102 Å². The van der Waals surface area contributed by atoms with Gasteiger partial charge in [-0.2, -0.15) is 0 Å². The fourth-order valence-electron chi connectivity index (χ4n) is 12.7. The average molecular weight is 1970 g/mol. The van der Waals surface area contributed by atoms with E-state index in [4.69, 9.17) is 64.6 Å². The Balaban J connectivity index is 0.000000168. The molecule has 12 N–H and O–H groups in total. The quantitative estimate of drug-likeness (QED) is 0.0229. The lowest BCUT2D eigenvalue weighted by Gasteiger charge is -2.41. The number of nitrogens with zero attached hydrogens (tertiary/aromatic N) is 6. The summed E-state index contributed by atoms with van der Waals surface area (Å²) in [6, 6.07) is 29.6. The van der Waals surface area contributed by atoms with Crippen LogP contribution in [0.3, 0.4) is 0 Å². The van der Waals surface area contributed by atoms with Gasteiger partial charge in [-0.25, -0.2) is 29.0 Å². The van der Waals surface area contributed by atoms with Crippen molar-refractivity contribution in [2.45, 2.75) is 119 Å². The Morgan fingerprint density at radius 2 is 0.746 bits per heavy atom. The molecule has 700 valence electrons. The molecule has 0 saturated carbocycles. The Morgan fingerprint density at radius 3 is 1.03 bits per heavy atom. The van der Waals surface area contributed by atoms with Crippen LogP contribution in [0.5, 0.6) is 23.0 Å². The van der Waals surface area contributed by atoms with E-state index in [0.29, 0.717) is 28.0 Å². The van der Waals surface area contributed by atoms with Crippen LogP contribution >= 0.6 is 60.8 Å². The minimum absolute atomic E-state index is 0.0372. The van der Waals surface area contributed by atoms with Gasteiger partial charge in [0, 0.05) is 92.8 Å². The predicted molar refractivity (Wildman–Crippen MR) is 440 cm³/mol. The second-order valence-corrected chi connectivity index (χ2v) is 47.1. The standard InChI is InChI=1S/C21H24N2O10P2.C19H20N2O11P2.C18H21NO10P2.C17H19NO10P2/c1-20(2)9-11-23(18(20)24)19(25)31-16-7-5-15(6-8-16)17-32-34(27,28)21(26,35(29,30)33-17)12-14-4-3-10-22-13-14;1-12-4-5-15(30-18(23)21-11-29-10-16(21)22)14(7-12)17-31-33(25,26)19(24,34(27,28)32-17)8-13-3-2-6-20-9-13;1-3-26-17(20)27-15-7-6-12(2)9-14(15)16-28-30(22,23)18(21,31(24,25)29-16)10-13-5-4-8-19-11-13;1-11-5-6-14(26-16(19)25-2)13(8-11)15-27-29(21,22)17(20,30(23,24)28-15)9-12-4-3-7-18-10-12/h3-8,10,13,17,26H,9,11-12H2,1-2H3,(H,27,28)(H,29,30);2-7,9,17,24H,8,10-11H2,1H3,(H,25,26)(H,27,28);4-9,11,16,21H,3,10H2,1-2H3,(H,22,23)(H,24,25);3-8,10,15,20H,9H2,1-2H3,(H,21,22)(H,23,24). The third kappa shape index (κ3) is 21.9. The van der Waals surface area contributed by atoms with Crippen molar-refractivity contribution in [2.75, 3.05) is 33.6 Å². The summed E-state index contributed by atoms with van der Waals surface area (Å²) in [6.07, 6.45) is -3.30. The lowest BCUT2D eigenvalue weighted by Crippen LogP contribution is -2.38. The largest absolute Gasteiger partial charge is 0.513 e. The summed E-state index contributed by atoms with van der Waals surface area (Å²) in [6.45, 7) is 9.62. The summed E-state index contributed by atoms with van der Waals surface area (Å²) in [7, 11) is -40.4. The Morgan fingerprint density at radius 1 is 0.431 bits per heavy atom. The van der Waals surface area contributed by atoms with Gasteiger partial charge in [-0.15, -0.1) is 0 Å². The van der Waals surface area contributed by atoms with Crippen LogP contribution in [0.25, 0.3) is 0 Å². The fourth-order valence-corrected chi connectivity index (χ4v) is 26.9. The number of rotatable bonds is 17. The molecule has 8 unspecified atom stereocenters. The highest BCUT2D eigenvalue weighted by Gasteiger charge is 2.71. The van der Waals surface area contributed by atoms with E-state index in [2.05, 4.69) is 24.7 Å². The zero-order valence-corrected chi connectivity index (χ0v) is 76.0. The molecule has 0 spiro atoms. The number of pyridine rings is 4. The van der Waals surface area contributed by atoms with Crippen LogP contribution in [0.1, 0.15) is 114 Å². The second kappa shape index (κ2) is 39.6. The number of aromatic nitrogens is 4. The second-order valence-electron chi connectivity index (χ2n) is 29.7. The smallest absolute Gasteiger partial charge is 0.437 e. The zero-order chi connectivity index (χ0) is 95.4. The van der Waals surface area contributed by atoms with Crippen molar-refractivity contribution in [2.24, 2.45) is 5.41 Å². The highest BCUT2D eigenvalue weighted by Crippen LogP contribution is 2.83. The van der Waals surface area contributed by atoms with E-state index in [1.807, 2.05) is 0 Å². The van der Waals surface area contributed by atoms with Crippen LogP contribution < -0.4 is 18.9 Å². The molecule has 6 aliphatic rings. The van der Waals surface area contributed by atoms with Crippen molar-refractivity contribution < 1.29 is 194 Å². The zero-order valence-electron chi connectivity index (χ0n) is 68.9. The summed E-state index contributed by atoms with van der Waals surface area (Å²) in [4.78, 5) is 173. The summed E-state index contributed by atoms with van der Waals surface area (Å²) in [5.41, 5.74) is 1.56. The predicted octanol–water partition coefficient (Wildman–Crippen LogP) is 11.2. The molecule has 8 aromatic rings. The third-order valence-corrected chi connectivity index (χ3v) is 38.2. The molecule has 8 atom stereocenters. The molecule has 4 aromatic heterocycles. The molecule has 4 aromatic carbocycles. The Kier molecular flexibility index (Phi) is 30.9. The molecule has 10 heterocycles. The van der Waals surface area contributed by atoms with Gasteiger partial charge in [0.1, 0.15) is 36.3 Å². The van der Waals surface area contributed by atoms with Gasteiger partial charge in [-0.1, -0.05) is 85.1 Å². The van der Waals surface area contributed by atoms with E-state index in [1.54, 1.807) is 53.7 Å². The summed E-state index contributed by atoms with van der Waals surface area (Å²) in [5, 5.41) is 30.6. The van der Waals surface area contributed by atoms with Crippen molar-refractivity contribution in [1.82, 2.24) is 29.7 Å². The SMILES string of the molecule is CC1(C)CCN(C(=O)Oc2ccc(C3OP(=O)(O)C(O)(Cc4cccnc4)P(=O)(O)O3)cc2)C1=O.CCOC(=O)Oc1ccc(C)cc1C1OP(=O)(O)C(O)(Cc2cccnc2)P(=O)(O)O1.COC(=O)Oc1ccc(C)cc1C1OP(=O)(O)C(O)(Cc2cccnc2)P(=O)(O)O1.Cc1ccc(OC(=O)N2COCC2=O)c(C2OP(=O)(O)C(O)(Cc3cccnc3)P(=O)(O)O2)c1. The number of aryl methyl sites for hydroxylation is 3. The Bertz CT molecular complexity index is 5890. The van der Waals surface area contributed by atoms with Crippen LogP contribution in [0.4, 0.5) is 19.2 Å². The third-order valence-electron chi connectivity index (χ3n) is 19.8. The number of methoxy groups -OCH3 is 1.